The summed E-state index contributed by atoms with van der Waals surface area (Å²) in [6.07, 6.45) is -0.598. The van der Waals surface area contributed by atoms with Crippen LogP contribution in [0.4, 0.5) is 0 Å². The van der Waals surface area contributed by atoms with Crippen LogP contribution in [0.15, 0.2) is 72.8 Å². The van der Waals surface area contributed by atoms with Crippen LogP contribution in [0.1, 0.15) is 22.8 Å². The van der Waals surface area contributed by atoms with Gasteiger partial charge in [0.05, 0.1) is 18.7 Å². The number of Topliss-reactive ketones (excluding diaryl/α,β-unsaturated/α-hetero) is 1. The SMILES string of the molecule is COc1ccc(C(=O)[C@@H](C)Oc2ccc(-c3ccc(C#N)cc3)cc2)cc1. The smallest absolute Gasteiger partial charge is 0.202 e. The third kappa shape index (κ3) is 4.34. The first-order chi connectivity index (χ1) is 13.1. The van der Waals surface area contributed by atoms with Crippen LogP contribution in [-0.4, -0.2) is 19.0 Å². The minimum atomic E-state index is -0.598. The molecule has 0 saturated heterocycles. The van der Waals surface area contributed by atoms with Gasteiger partial charge in [0.25, 0.3) is 0 Å². The summed E-state index contributed by atoms with van der Waals surface area (Å²) in [6, 6.07) is 24.0. The lowest BCUT2D eigenvalue weighted by Crippen LogP contribution is -2.23. The average molecular weight is 357 g/mol. The predicted molar refractivity (Wildman–Crippen MR) is 104 cm³/mol. The van der Waals surface area contributed by atoms with Crippen molar-refractivity contribution in [1.82, 2.24) is 0 Å². The van der Waals surface area contributed by atoms with Crippen LogP contribution < -0.4 is 9.47 Å². The molecule has 4 nitrogen and oxygen atoms in total. The highest BCUT2D eigenvalue weighted by atomic mass is 16.5. The van der Waals surface area contributed by atoms with Crippen molar-refractivity contribution in [3.05, 3.63) is 83.9 Å². The fraction of sp³-hybridized carbons (Fsp3) is 0.130. The lowest BCUT2D eigenvalue weighted by molar-refractivity contribution is 0.0818. The molecule has 0 aliphatic rings. The van der Waals surface area contributed by atoms with E-state index in [-0.39, 0.29) is 5.78 Å². The van der Waals surface area contributed by atoms with Gasteiger partial charge < -0.3 is 9.47 Å². The molecule has 0 unspecified atom stereocenters. The Balaban J connectivity index is 1.67. The van der Waals surface area contributed by atoms with Crippen molar-refractivity contribution in [2.75, 3.05) is 7.11 Å². The molecule has 27 heavy (non-hydrogen) atoms. The summed E-state index contributed by atoms with van der Waals surface area (Å²) >= 11 is 0. The molecular formula is C23H19NO3. The van der Waals surface area contributed by atoms with Crippen molar-refractivity contribution in [2.24, 2.45) is 0 Å². The second-order valence-electron chi connectivity index (χ2n) is 6.07. The molecule has 0 spiro atoms. The number of rotatable bonds is 6. The third-order valence-electron chi connectivity index (χ3n) is 4.26. The number of carbonyl (C=O) groups is 1. The summed E-state index contributed by atoms with van der Waals surface area (Å²) in [4.78, 5) is 12.5. The van der Waals surface area contributed by atoms with E-state index in [1.54, 1.807) is 50.4 Å². The summed E-state index contributed by atoms with van der Waals surface area (Å²) in [5.41, 5.74) is 3.24. The number of nitriles is 1. The van der Waals surface area contributed by atoms with Gasteiger partial charge in [-0.3, -0.25) is 4.79 Å². The minimum Gasteiger partial charge on any atom is -0.497 e. The zero-order valence-corrected chi connectivity index (χ0v) is 15.2. The van der Waals surface area contributed by atoms with Gasteiger partial charge in [0.15, 0.2) is 6.10 Å². The van der Waals surface area contributed by atoms with Crippen LogP contribution in [-0.2, 0) is 0 Å². The number of carbonyl (C=O) groups excluding carboxylic acids is 1. The van der Waals surface area contributed by atoms with Crippen molar-refractivity contribution in [3.63, 3.8) is 0 Å². The van der Waals surface area contributed by atoms with Gasteiger partial charge in [-0.1, -0.05) is 24.3 Å². The molecule has 0 fully saturated rings. The summed E-state index contributed by atoms with van der Waals surface area (Å²) < 4.78 is 10.9. The van der Waals surface area contributed by atoms with Crippen LogP contribution in [0.3, 0.4) is 0 Å². The lowest BCUT2D eigenvalue weighted by Gasteiger charge is -2.14. The van der Waals surface area contributed by atoms with Crippen LogP contribution in [0.5, 0.6) is 11.5 Å². The molecule has 1 atom stereocenters. The Morgan fingerprint density at radius 1 is 0.852 bits per heavy atom. The Hall–Kier alpha value is -3.58. The fourth-order valence-electron chi connectivity index (χ4n) is 2.71. The van der Waals surface area contributed by atoms with Gasteiger partial charge >= 0.3 is 0 Å². The molecular weight excluding hydrogens is 338 g/mol. The van der Waals surface area contributed by atoms with Crippen molar-refractivity contribution < 1.29 is 14.3 Å². The zero-order chi connectivity index (χ0) is 19.2. The lowest BCUT2D eigenvalue weighted by atomic mass is 10.0. The molecule has 3 aromatic carbocycles. The van der Waals surface area contributed by atoms with E-state index < -0.39 is 6.10 Å². The van der Waals surface area contributed by atoms with E-state index in [9.17, 15) is 4.79 Å². The highest BCUT2D eigenvalue weighted by Gasteiger charge is 2.17. The van der Waals surface area contributed by atoms with E-state index in [1.807, 2.05) is 36.4 Å². The van der Waals surface area contributed by atoms with E-state index >= 15 is 0 Å². The van der Waals surface area contributed by atoms with Crippen molar-refractivity contribution >= 4 is 5.78 Å². The molecule has 4 heteroatoms. The number of benzene rings is 3. The number of hydrogen-bond donors (Lipinski definition) is 0. The highest BCUT2D eigenvalue weighted by molar-refractivity contribution is 5.99. The topological polar surface area (TPSA) is 59.3 Å². The van der Waals surface area contributed by atoms with Crippen molar-refractivity contribution in [2.45, 2.75) is 13.0 Å². The molecule has 0 aromatic heterocycles. The normalized spacial score (nSPS) is 11.3. The first-order valence-electron chi connectivity index (χ1n) is 8.56. The van der Waals surface area contributed by atoms with Crippen LogP contribution in [0.2, 0.25) is 0 Å². The monoisotopic (exact) mass is 357 g/mol. The maximum Gasteiger partial charge on any atom is 0.202 e. The molecule has 0 amide bonds. The molecule has 0 aliphatic carbocycles. The van der Waals surface area contributed by atoms with Gasteiger partial charge in [-0.2, -0.15) is 5.26 Å². The molecule has 3 aromatic rings. The summed E-state index contributed by atoms with van der Waals surface area (Å²) in [5.74, 6) is 1.24. The Bertz CT molecular complexity index is 953. The number of methoxy groups -OCH3 is 1. The molecule has 0 aliphatic heterocycles. The maximum absolute atomic E-state index is 12.5. The standard InChI is InChI=1S/C23H19NO3/c1-16(23(25)20-9-11-21(26-2)12-10-20)27-22-13-7-19(8-14-22)18-5-3-17(15-24)4-6-18/h3-14,16H,1-2H3/t16-/m1/s1. The Morgan fingerprint density at radius 3 is 1.89 bits per heavy atom. The molecule has 0 bridgehead atoms. The van der Waals surface area contributed by atoms with Crippen LogP contribution >= 0.6 is 0 Å². The Labute approximate surface area is 158 Å². The van der Waals surface area contributed by atoms with Crippen molar-refractivity contribution in [1.29, 1.82) is 5.26 Å². The predicted octanol–water partition coefficient (Wildman–Crippen LogP) is 4.88. The average Bonchev–Trinajstić information content (AvgIpc) is 2.74. The molecule has 3 rings (SSSR count). The first-order valence-corrected chi connectivity index (χ1v) is 8.56. The zero-order valence-electron chi connectivity index (χ0n) is 15.2. The summed E-state index contributed by atoms with van der Waals surface area (Å²) in [5, 5.41) is 8.87. The number of ketones is 1. The number of nitrogens with zero attached hydrogens (tertiary/aromatic N) is 1. The van der Waals surface area contributed by atoms with Crippen LogP contribution in [0.25, 0.3) is 11.1 Å². The minimum absolute atomic E-state index is 0.0891. The Morgan fingerprint density at radius 2 is 1.37 bits per heavy atom. The van der Waals surface area contributed by atoms with Gasteiger partial charge in [-0.25, -0.2) is 0 Å². The fourth-order valence-corrected chi connectivity index (χ4v) is 2.71. The van der Waals surface area contributed by atoms with Crippen LogP contribution in [0, 0.1) is 11.3 Å². The molecule has 0 saturated carbocycles. The largest absolute Gasteiger partial charge is 0.497 e. The molecule has 0 N–H and O–H groups in total. The van der Waals surface area contributed by atoms with Gasteiger partial charge in [0.1, 0.15) is 11.5 Å². The first kappa shape index (κ1) is 18.2. The maximum atomic E-state index is 12.5. The second-order valence-corrected chi connectivity index (χ2v) is 6.07. The summed E-state index contributed by atoms with van der Waals surface area (Å²) in [6.45, 7) is 1.74. The molecule has 0 radical (unpaired) electrons. The van der Waals surface area contributed by atoms with Gasteiger partial charge in [0.2, 0.25) is 5.78 Å². The van der Waals surface area contributed by atoms with Gasteiger partial charge in [-0.05, 0) is 66.6 Å². The quantitative estimate of drug-likeness (QED) is 0.590. The van der Waals surface area contributed by atoms with E-state index in [4.69, 9.17) is 14.7 Å². The Kier molecular flexibility index (Phi) is 5.53. The molecule has 134 valence electrons. The highest BCUT2D eigenvalue weighted by Crippen LogP contribution is 2.24. The molecule has 0 heterocycles. The van der Waals surface area contributed by atoms with E-state index in [0.717, 1.165) is 11.1 Å². The van der Waals surface area contributed by atoms with Gasteiger partial charge in [0, 0.05) is 5.56 Å². The number of hydrogen-bond acceptors (Lipinski definition) is 4. The number of ether oxygens (including phenoxy) is 2. The van der Waals surface area contributed by atoms with E-state index in [0.29, 0.717) is 22.6 Å². The summed E-state index contributed by atoms with van der Waals surface area (Å²) in [7, 11) is 1.59. The van der Waals surface area contributed by atoms with E-state index in [1.165, 1.54) is 0 Å². The third-order valence-corrected chi connectivity index (χ3v) is 4.26. The van der Waals surface area contributed by atoms with E-state index in [2.05, 4.69) is 6.07 Å². The second kappa shape index (κ2) is 8.20. The van der Waals surface area contributed by atoms with Gasteiger partial charge in [-0.15, -0.1) is 0 Å². The van der Waals surface area contributed by atoms with Crippen molar-refractivity contribution in [3.8, 4) is 28.7 Å².